The van der Waals surface area contributed by atoms with Gasteiger partial charge in [0, 0.05) is 19.4 Å². The standard InChI is InChI=1S/C52H74Cl2O19/c1-12-29-21-26(6)32(57)17-15-14-16-30(23-67-51-45(66-11)42(62)44(34(22-55)69-51)70-49(65)35-31(13-2)36(53)39(59)37(54)38(35)58)48(64)68-33(28(8)56)19-18-25(5)20-27(7)43(29)71-50-41(61)40(60)46(52(9,10)73-50)72-47(63)24(3)4/h14-16,18,20-21,24,28-29,32-34,40-46,50-51,55-62H,12-13,17,19,22-23H2,1-11H3/b15-14+,25-18+,26-21+,27-20+,30-16+/t28-,29+,32+,33+,34-,40-,41+,42+,43+,44-,45+,46+,50-,51-/m1/s1. The Bertz CT molecular complexity index is 2240. The number of hydrogen-bond donors (Lipinski definition) is 8. The van der Waals surface area contributed by atoms with E-state index < -0.39 is 150 Å². The molecule has 21 heteroatoms. The number of aliphatic hydroxyl groups is 6. The van der Waals surface area contributed by atoms with Gasteiger partial charge in [-0.15, -0.1) is 0 Å². The van der Waals surface area contributed by atoms with Crippen LogP contribution in [0.1, 0.15) is 104 Å². The van der Waals surface area contributed by atoms with Crippen LogP contribution in [0.25, 0.3) is 0 Å². The second-order valence-electron chi connectivity index (χ2n) is 19.4. The molecule has 3 aliphatic rings. The summed E-state index contributed by atoms with van der Waals surface area (Å²) in [5.74, 6) is -5.05. The van der Waals surface area contributed by atoms with Crippen LogP contribution >= 0.6 is 23.2 Å². The second-order valence-corrected chi connectivity index (χ2v) is 20.1. The van der Waals surface area contributed by atoms with Crippen molar-refractivity contribution in [2.24, 2.45) is 11.8 Å². The molecule has 8 N–H and O–H groups in total. The summed E-state index contributed by atoms with van der Waals surface area (Å²) in [6.45, 7) is 15.5. The van der Waals surface area contributed by atoms with E-state index in [1.807, 2.05) is 26.0 Å². The summed E-state index contributed by atoms with van der Waals surface area (Å²) in [6, 6.07) is 0. The number of halogens is 2. The molecule has 1 aromatic carbocycles. The maximum absolute atomic E-state index is 14.0. The van der Waals surface area contributed by atoms with Gasteiger partial charge in [0.15, 0.2) is 36.3 Å². The molecule has 3 aliphatic heterocycles. The van der Waals surface area contributed by atoms with Crippen molar-refractivity contribution < 1.29 is 93.1 Å². The Kier molecular flexibility index (Phi) is 23.0. The lowest BCUT2D eigenvalue weighted by Crippen LogP contribution is -2.64. The monoisotopic (exact) mass is 1070 g/mol. The highest BCUT2D eigenvalue weighted by Crippen LogP contribution is 2.45. The summed E-state index contributed by atoms with van der Waals surface area (Å²) in [5.41, 5.74) is 0.0662. The van der Waals surface area contributed by atoms with Crippen molar-refractivity contribution in [3.63, 3.8) is 0 Å². The SMILES string of the molecule is CCc1c(Cl)c(O)c(Cl)c(O)c1C(=O)O[C@H]1[C@H](O)[C@H](OC)[C@H](OC/C2=C\C=C\C[C@H](O)/C(C)=C/[C@H](CC)[C@@H](O[C@@H]3OC(C)(C)[C@@H](OC(=O)C(C)C)[C@H](O)[C@@H]3O)/C(C)=C/C(C)=C/C[C@@H]([C@@H](C)O)OC2=O)O[C@@H]1CO. The van der Waals surface area contributed by atoms with Gasteiger partial charge in [-0.25, -0.2) is 9.59 Å². The predicted octanol–water partition coefficient (Wildman–Crippen LogP) is 5.21. The molecule has 2 saturated heterocycles. The van der Waals surface area contributed by atoms with E-state index in [1.165, 1.54) is 26.2 Å². The molecular weight excluding hydrogens is 999 g/mol. The lowest BCUT2D eigenvalue weighted by molar-refractivity contribution is -0.333. The van der Waals surface area contributed by atoms with Crippen molar-refractivity contribution in [1.29, 1.82) is 0 Å². The number of methoxy groups -OCH3 is 1. The molecule has 1 aromatic rings. The van der Waals surface area contributed by atoms with Gasteiger partial charge >= 0.3 is 17.9 Å². The van der Waals surface area contributed by atoms with Crippen LogP contribution in [0.4, 0.5) is 0 Å². The number of phenolic OH excluding ortho intramolecular Hbond substituents is 2. The van der Waals surface area contributed by atoms with Crippen molar-refractivity contribution >= 4 is 41.1 Å². The van der Waals surface area contributed by atoms with E-state index in [-0.39, 0.29) is 35.4 Å². The number of carbonyl (C=O) groups is 3. The Hall–Kier alpha value is -3.93. The van der Waals surface area contributed by atoms with E-state index in [4.69, 9.17) is 61.1 Å². The molecule has 4 rings (SSSR count). The minimum atomic E-state index is -1.73. The van der Waals surface area contributed by atoms with Crippen LogP contribution in [-0.4, -0.2) is 164 Å². The normalized spacial score (nSPS) is 34.5. The zero-order valence-corrected chi connectivity index (χ0v) is 44.7. The highest BCUT2D eigenvalue weighted by Gasteiger charge is 2.53. The van der Waals surface area contributed by atoms with Gasteiger partial charge in [0.1, 0.15) is 52.8 Å². The number of carbonyl (C=O) groups excluding carboxylic acids is 3. The molecule has 14 atom stereocenters. The van der Waals surface area contributed by atoms with Gasteiger partial charge in [-0.2, -0.15) is 0 Å². The fourth-order valence-electron chi connectivity index (χ4n) is 8.63. The third-order valence-corrected chi connectivity index (χ3v) is 13.8. The predicted molar refractivity (Wildman–Crippen MR) is 267 cm³/mol. The molecule has 410 valence electrons. The van der Waals surface area contributed by atoms with Crippen molar-refractivity contribution in [2.75, 3.05) is 20.3 Å². The fraction of sp³-hybridized carbons (Fsp3) is 0.635. The number of hydrogen-bond acceptors (Lipinski definition) is 19. The number of rotatable bonds is 14. The summed E-state index contributed by atoms with van der Waals surface area (Å²) in [6.07, 6.45) is -6.91. The summed E-state index contributed by atoms with van der Waals surface area (Å²) >= 11 is 12.2. The first-order chi connectivity index (χ1) is 34.2. The number of benzene rings is 1. The van der Waals surface area contributed by atoms with Gasteiger partial charge in [-0.05, 0) is 83.6 Å². The number of phenols is 2. The van der Waals surface area contributed by atoms with Crippen molar-refractivity contribution in [3.05, 3.63) is 79.9 Å². The summed E-state index contributed by atoms with van der Waals surface area (Å²) in [7, 11) is 1.21. The van der Waals surface area contributed by atoms with Crippen LogP contribution in [0.15, 0.2) is 58.7 Å². The minimum absolute atomic E-state index is 0.00195. The zero-order valence-electron chi connectivity index (χ0n) is 43.2. The minimum Gasteiger partial charge on any atom is -0.505 e. The Labute approximate surface area is 436 Å². The molecule has 0 aliphatic carbocycles. The van der Waals surface area contributed by atoms with Crippen molar-refractivity contribution in [3.8, 4) is 11.5 Å². The summed E-state index contributed by atoms with van der Waals surface area (Å²) < 4.78 is 47.2. The third-order valence-electron chi connectivity index (χ3n) is 13.0. The Morgan fingerprint density at radius 3 is 2.16 bits per heavy atom. The van der Waals surface area contributed by atoms with Crippen LogP contribution in [0.5, 0.6) is 11.5 Å². The van der Waals surface area contributed by atoms with E-state index in [1.54, 1.807) is 60.6 Å². The van der Waals surface area contributed by atoms with Gasteiger partial charge in [0.05, 0.1) is 48.0 Å². The number of cyclic esters (lactones) is 1. The summed E-state index contributed by atoms with van der Waals surface area (Å²) in [5, 5.41) is 86.8. The number of aliphatic hydroxyl groups excluding tert-OH is 6. The Morgan fingerprint density at radius 1 is 0.904 bits per heavy atom. The molecular formula is C52H74Cl2O19. The van der Waals surface area contributed by atoms with Crippen LogP contribution in [0.3, 0.4) is 0 Å². The second kappa shape index (κ2) is 27.2. The molecule has 0 aromatic heterocycles. The molecule has 0 radical (unpaired) electrons. The van der Waals surface area contributed by atoms with E-state index in [2.05, 4.69) is 0 Å². The lowest BCUT2D eigenvalue weighted by atomic mass is 9.88. The van der Waals surface area contributed by atoms with Crippen molar-refractivity contribution in [1.82, 2.24) is 0 Å². The molecule has 0 bridgehead atoms. The quantitative estimate of drug-likeness (QED) is 0.0674. The summed E-state index contributed by atoms with van der Waals surface area (Å²) in [4.78, 5) is 40.1. The van der Waals surface area contributed by atoms with Gasteiger partial charge in [-0.3, -0.25) is 4.79 Å². The number of ether oxygens (including phenoxy) is 8. The average molecular weight is 1070 g/mol. The largest absolute Gasteiger partial charge is 0.505 e. The maximum Gasteiger partial charge on any atom is 0.342 e. The molecule has 0 unspecified atom stereocenters. The zero-order chi connectivity index (χ0) is 54.8. The number of aromatic hydroxyl groups is 2. The Morgan fingerprint density at radius 2 is 1.58 bits per heavy atom. The van der Waals surface area contributed by atoms with Crippen LogP contribution in [-0.2, 0) is 53.9 Å². The third kappa shape index (κ3) is 15.1. The van der Waals surface area contributed by atoms with E-state index in [0.717, 1.165) is 0 Å². The number of allylic oxidation sites excluding steroid dienone is 4. The highest BCUT2D eigenvalue weighted by molar-refractivity contribution is 6.39. The first-order valence-corrected chi connectivity index (χ1v) is 25.1. The fourth-order valence-corrected chi connectivity index (χ4v) is 9.19. The molecule has 3 heterocycles. The molecule has 0 amide bonds. The molecule has 0 saturated carbocycles. The van der Waals surface area contributed by atoms with Crippen LogP contribution < -0.4 is 0 Å². The van der Waals surface area contributed by atoms with Crippen LogP contribution in [0, 0.1) is 11.8 Å². The lowest BCUT2D eigenvalue weighted by Gasteiger charge is -2.47. The smallest absolute Gasteiger partial charge is 0.342 e. The molecule has 73 heavy (non-hydrogen) atoms. The van der Waals surface area contributed by atoms with E-state index in [0.29, 0.717) is 23.1 Å². The average Bonchev–Trinajstić information content (AvgIpc) is 3.33. The molecule has 2 fully saturated rings. The van der Waals surface area contributed by atoms with Gasteiger partial charge < -0.3 is 78.7 Å². The van der Waals surface area contributed by atoms with Gasteiger partial charge in [-0.1, -0.05) is 86.9 Å². The number of esters is 3. The molecule has 0 spiro atoms. The van der Waals surface area contributed by atoms with E-state index in [9.17, 15) is 55.2 Å². The highest BCUT2D eigenvalue weighted by atomic mass is 35.5. The van der Waals surface area contributed by atoms with E-state index >= 15 is 0 Å². The van der Waals surface area contributed by atoms with Crippen LogP contribution in [0.2, 0.25) is 10.0 Å². The first kappa shape index (κ1) is 61.6. The molecule has 19 nitrogen and oxygen atoms in total. The maximum atomic E-state index is 14.0. The topological polar surface area (TPSA) is 287 Å². The first-order valence-electron chi connectivity index (χ1n) is 24.3. The van der Waals surface area contributed by atoms with Gasteiger partial charge in [0.2, 0.25) is 0 Å². The Balaban J connectivity index is 1.62. The van der Waals surface area contributed by atoms with Crippen molar-refractivity contribution in [2.45, 2.75) is 180 Å². The van der Waals surface area contributed by atoms with Gasteiger partial charge in [0.25, 0.3) is 0 Å².